The number of nitrogens with one attached hydrogen (secondary N) is 1. The van der Waals surface area contributed by atoms with E-state index in [4.69, 9.17) is 0 Å². The Bertz CT molecular complexity index is 633. The highest BCUT2D eigenvalue weighted by atomic mass is 32.2. The minimum Gasteiger partial charge on any atom is -0.323 e. The third kappa shape index (κ3) is 3.73. The largest absolute Gasteiger partial charge is 0.323 e. The van der Waals surface area contributed by atoms with E-state index in [9.17, 15) is 13.6 Å². The number of halogens is 2. The Hall–Kier alpha value is -1.54. The number of rotatable bonds is 4. The molecule has 1 unspecified atom stereocenters. The van der Waals surface area contributed by atoms with Crippen LogP contribution in [0.15, 0.2) is 22.5 Å². The minimum absolute atomic E-state index is 0.170. The SMILES string of the molecule is Cc1nnc(SC(C)C(=O)Nc2cc(F)ccc2F)s1. The summed E-state index contributed by atoms with van der Waals surface area (Å²) in [6.45, 7) is 3.47. The van der Waals surface area contributed by atoms with E-state index < -0.39 is 22.8 Å². The van der Waals surface area contributed by atoms with Gasteiger partial charge in [0.05, 0.1) is 10.9 Å². The summed E-state index contributed by atoms with van der Waals surface area (Å²) in [7, 11) is 0. The zero-order chi connectivity index (χ0) is 14.7. The summed E-state index contributed by atoms with van der Waals surface area (Å²) in [5, 5.41) is 10.4. The number of aryl methyl sites for hydroxylation is 1. The Morgan fingerprint density at radius 2 is 2.15 bits per heavy atom. The van der Waals surface area contributed by atoms with Crippen molar-refractivity contribution in [3.05, 3.63) is 34.8 Å². The van der Waals surface area contributed by atoms with E-state index in [-0.39, 0.29) is 5.69 Å². The van der Waals surface area contributed by atoms with Crippen molar-refractivity contribution in [1.29, 1.82) is 0 Å². The molecule has 20 heavy (non-hydrogen) atoms. The van der Waals surface area contributed by atoms with Gasteiger partial charge in [-0.25, -0.2) is 8.78 Å². The summed E-state index contributed by atoms with van der Waals surface area (Å²) >= 11 is 2.59. The Morgan fingerprint density at radius 1 is 1.40 bits per heavy atom. The first-order chi connectivity index (χ1) is 9.45. The highest BCUT2D eigenvalue weighted by Crippen LogP contribution is 2.27. The standard InChI is InChI=1S/C12H11F2N3OS2/c1-6(19-12-17-16-7(2)20-12)11(18)15-10-5-8(13)3-4-9(10)14/h3-6H,1-2H3,(H,15,18). The van der Waals surface area contributed by atoms with Crippen LogP contribution in [0.2, 0.25) is 0 Å². The van der Waals surface area contributed by atoms with Crippen LogP contribution in [0.5, 0.6) is 0 Å². The van der Waals surface area contributed by atoms with Gasteiger partial charge in [-0.05, 0) is 26.0 Å². The first kappa shape index (κ1) is 14.9. The van der Waals surface area contributed by atoms with Gasteiger partial charge in [0.2, 0.25) is 5.91 Å². The second-order valence-electron chi connectivity index (χ2n) is 3.96. The molecule has 1 N–H and O–H groups in total. The maximum atomic E-state index is 13.4. The van der Waals surface area contributed by atoms with Gasteiger partial charge in [-0.2, -0.15) is 0 Å². The lowest BCUT2D eigenvalue weighted by atomic mass is 10.3. The molecule has 0 aliphatic carbocycles. The quantitative estimate of drug-likeness (QED) is 0.880. The van der Waals surface area contributed by atoms with Gasteiger partial charge in [0.15, 0.2) is 4.34 Å². The molecule has 0 radical (unpaired) electrons. The zero-order valence-electron chi connectivity index (χ0n) is 10.7. The molecular weight excluding hydrogens is 304 g/mol. The predicted octanol–water partition coefficient (Wildman–Crippen LogP) is 3.24. The first-order valence-corrected chi connectivity index (χ1v) is 7.38. The Balaban J connectivity index is 2.02. The van der Waals surface area contributed by atoms with Crippen LogP contribution in [0.3, 0.4) is 0 Å². The lowest BCUT2D eigenvalue weighted by Gasteiger charge is -2.10. The number of amides is 1. The fourth-order valence-corrected chi connectivity index (χ4v) is 3.32. The normalized spacial score (nSPS) is 12.2. The van der Waals surface area contributed by atoms with Crippen molar-refractivity contribution in [2.24, 2.45) is 0 Å². The lowest BCUT2D eigenvalue weighted by molar-refractivity contribution is -0.115. The van der Waals surface area contributed by atoms with Crippen molar-refractivity contribution in [2.75, 3.05) is 5.32 Å². The van der Waals surface area contributed by atoms with Gasteiger partial charge in [0, 0.05) is 6.07 Å². The Kier molecular flexibility index (Phi) is 4.66. The van der Waals surface area contributed by atoms with Crippen molar-refractivity contribution in [2.45, 2.75) is 23.4 Å². The van der Waals surface area contributed by atoms with E-state index in [0.717, 1.165) is 23.2 Å². The monoisotopic (exact) mass is 315 g/mol. The number of anilines is 1. The van der Waals surface area contributed by atoms with E-state index in [1.54, 1.807) is 6.92 Å². The van der Waals surface area contributed by atoms with Crippen molar-refractivity contribution >= 4 is 34.7 Å². The summed E-state index contributed by atoms with van der Waals surface area (Å²) < 4.78 is 27.1. The average molecular weight is 315 g/mol. The molecule has 0 fully saturated rings. The van der Waals surface area contributed by atoms with Gasteiger partial charge in [0.1, 0.15) is 16.6 Å². The molecule has 2 aromatic rings. The average Bonchev–Trinajstić information content (AvgIpc) is 2.79. The molecule has 0 spiro atoms. The number of carbonyl (C=O) groups is 1. The van der Waals surface area contributed by atoms with E-state index in [1.807, 2.05) is 6.92 Å². The summed E-state index contributed by atoms with van der Waals surface area (Å²) in [5.41, 5.74) is -0.170. The van der Waals surface area contributed by atoms with E-state index >= 15 is 0 Å². The third-order valence-corrected chi connectivity index (χ3v) is 4.36. The summed E-state index contributed by atoms with van der Waals surface area (Å²) in [5.74, 6) is -1.71. The minimum atomic E-state index is -0.677. The smallest absolute Gasteiger partial charge is 0.237 e. The van der Waals surface area contributed by atoms with Crippen LogP contribution in [-0.4, -0.2) is 21.4 Å². The molecule has 1 aromatic heterocycles. The van der Waals surface area contributed by atoms with Crippen LogP contribution in [-0.2, 0) is 4.79 Å². The van der Waals surface area contributed by atoms with Crippen LogP contribution < -0.4 is 5.32 Å². The molecule has 1 amide bonds. The molecule has 0 bridgehead atoms. The molecule has 0 saturated carbocycles. The zero-order valence-corrected chi connectivity index (χ0v) is 12.3. The number of thioether (sulfide) groups is 1. The number of hydrogen-bond acceptors (Lipinski definition) is 5. The molecule has 1 heterocycles. The van der Waals surface area contributed by atoms with Crippen LogP contribution in [0.4, 0.5) is 14.5 Å². The van der Waals surface area contributed by atoms with Gasteiger partial charge in [-0.15, -0.1) is 10.2 Å². The van der Waals surface area contributed by atoms with Crippen LogP contribution in [0, 0.1) is 18.6 Å². The molecule has 106 valence electrons. The van der Waals surface area contributed by atoms with Gasteiger partial charge in [0.25, 0.3) is 0 Å². The molecule has 0 aliphatic heterocycles. The fraction of sp³-hybridized carbons (Fsp3) is 0.250. The molecule has 0 aliphatic rings. The Labute approximate surface area is 122 Å². The van der Waals surface area contributed by atoms with Crippen molar-refractivity contribution in [3.8, 4) is 0 Å². The van der Waals surface area contributed by atoms with E-state index in [2.05, 4.69) is 15.5 Å². The maximum Gasteiger partial charge on any atom is 0.237 e. The summed E-state index contributed by atoms with van der Waals surface area (Å²) in [6, 6.07) is 2.91. The molecular formula is C12H11F2N3OS2. The highest BCUT2D eigenvalue weighted by Gasteiger charge is 2.18. The maximum absolute atomic E-state index is 13.4. The number of carbonyl (C=O) groups excluding carboxylic acids is 1. The van der Waals surface area contributed by atoms with Crippen LogP contribution in [0.25, 0.3) is 0 Å². The van der Waals surface area contributed by atoms with Crippen molar-refractivity contribution < 1.29 is 13.6 Å². The molecule has 1 atom stereocenters. The summed E-state index contributed by atoms with van der Waals surface area (Å²) in [4.78, 5) is 11.9. The highest BCUT2D eigenvalue weighted by molar-refractivity contribution is 8.02. The number of aromatic nitrogens is 2. The van der Waals surface area contributed by atoms with Crippen molar-refractivity contribution in [3.63, 3.8) is 0 Å². The molecule has 0 saturated heterocycles. The Morgan fingerprint density at radius 3 is 2.80 bits per heavy atom. The third-order valence-electron chi connectivity index (χ3n) is 2.34. The van der Waals surface area contributed by atoms with E-state index in [1.165, 1.54) is 23.1 Å². The fourth-order valence-electron chi connectivity index (χ4n) is 1.36. The number of hydrogen-bond donors (Lipinski definition) is 1. The van der Waals surface area contributed by atoms with E-state index in [0.29, 0.717) is 4.34 Å². The van der Waals surface area contributed by atoms with Gasteiger partial charge in [-0.3, -0.25) is 4.79 Å². The van der Waals surface area contributed by atoms with Gasteiger partial charge in [-0.1, -0.05) is 23.1 Å². The molecule has 4 nitrogen and oxygen atoms in total. The molecule has 8 heteroatoms. The number of benzene rings is 1. The van der Waals surface area contributed by atoms with Gasteiger partial charge >= 0.3 is 0 Å². The van der Waals surface area contributed by atoms with Crippen LogP contribution >= 0.6 is 23.1 Å². The summed E-state index contributed by atoms with van der Waals surface area (Å²) in [6.07, 6.45) is 0. The molecule has 1 aromatic carbocycles. The first-order valence-electron chi connectivity index (χ1n) is 5.68. The van der Waals surface area contributed by atoms with Crippen molar-refractivity contribution in [1.82, 2.24) is 10.2 Å². The van der Waals surface area contributed by atoms with Gasteiger partial charge < -0.3 is 5.32 Å². The molecule has 2 rings (SSSR count). The second kappa shape index (κ2) is 6.27. The topological polar surface area (TPSA) is 54.9 Å². The predicted molar refractivity (Wildman–Crippen MR) is 75.0 cm³/mol. The van der Waals surface area contributed by atoms with Crippen LogP contribution in [0.1, 0.15) is 11.9 Å². The number of nitrogens with zero attached hydrogens (tertiary/aromatic N) is 2. The lowest BCUT2D eigenvalue weighted by Crippen LogP contribution is -2.23. The second-order valence-corrected chi connectivity index (χ2v) is 6.73.